The molecular weight excluding hydrogens is 611 g/mol. The van der Waals surface area contributed by atoms with Crippen LogP contribution in [0.15, 0.2) is 114 Å². The molecule has 2 amide bonds. The van der Waals surface area contributed by atoms with Crippen LogP contribution >= 0.6 is 0 Å². The van der Waals surface area contributed by atoms with Crippen molar-refractivity contribution in [2.75, 3.05) is 18.0 Å². The van der Waals surface area contributed by atoms with E-state index >= 15 is 0 Å². The van der Waals surface area contributed by atoms with Gasteiger partial charge in [0.1, 0.15) is 18.3 Å². The Bertz CT molecular complexity index is 1710. The molecule has 1 fully saturated rings. The lowest BCUT2D eigenvalue weighted by atomic mass is 9.94. The van der Waals surface area contributed by atoms with Crippen molar-refractivity contribution >= 4 is 27.5 Å². The van der Waals surface area contributed by atoms with Gasteiger partial charge in [0.25, 0.3) is 10.0 Å². The molecule has 0 saturated heterocycles. The van der Waals surface area contributed by atoms with E-state index in [4.69, 9.17) is 4.74 Å². The SMILES string of the molecule is COc1ccc(S(=O)(=O)N(CC(=O)N(Cc2ccccc2)[C@@H](Cc2ccccc2)C(=O)NC2CCCCC2)c2ccc(C)cc2)cc1. The fraction of sp³-hybridized carbons (Fsp3) is 0.316. The zero-order chi connectivity index (χ0) is 33.2. The third-order valence-electron chi connectivity index (χ3n) is 8.67. The van der Waals surface area contributed by atoms with Crippen LogP contribution in [0.25, 0.3) is 0 Å². The van der Waals surface area contributed by atoms with Crippen molar-refractivity contribution in [2.45, 2.75) is 69.0 Å². The lowest BCUT2D eigenvalue weighted by Crippen LogP contribution is -2.55. The van der Waals surface area contributed by atoms with Gasteiger partial charge in [0.05, 0.1) is 17.7 Å². The minimum atomic E-state index is -4.19. The van der Waals surface area contributed by atoms with E-state index < -0.39 is 28.5 Å². The Morgan fingerprint density at radius 2 is 1.40 bits per heavy atom. The maximum Gasteiger partial charge on any atom is 0.264 e. The van der Waals surface area contributed by atoms with Crippen molar-refractivity contribution < 1.29 is 22.7 Å². The molecule has 1 aliphatic rings. The van der Waals surface area contributed by atoms with Gasteiger partial charge in [0.15, 0.2) is 0 Å². The Kier molecular flexibility index (Phi) is 11.3. The van der Waals surface area contributed by atoms with E-state index in [9.17, 15) is 18.0 Å². The molecular formula is C38H43N3O5S. The summed E-state index contributed by atoms with van der Waals surface area (Å²) in [4.78, 5) is 30.4. The molecule has 8 nitrogen and oxygen atoms in total. The van der Waals surface area contributed by atoms with Crippen molar-refractivity contribution in [3.05, 3.63) is 126 Å². The highest BCUT2D eigenvalue weighted by Gasteiger charge is 2.35. The van der Waals surface area contributed by atoms with Crippen LogP contribution in [0.4, 0.5) is 5.69 Å². The molecule has 1 N–H and O–H groups in total. The lowest BCUT2D eigenvalue weighted by molar-refractivity contribution is -0.140. The normalized spacial score (nSPS) is 14.2. The van der Waals surface area contributed by atoms with E-state index in [-0.39, 0.29) is 29.8 Å². The van der Waals surface area contributed by atoms with Crippen LogP contribution in [-0.4, -0.2) is 50.9 Å². The summed E-state index contributed by atoms with van der Waals surface area (Å²) in [7, 11) is -2.68. The number of nitrogens with zero attached hydrogens (tertiary/aromatic N) is 2. The fourth-order valence-corrected chi connectivity index (χ4v) is 7.41. The molecule has 1 saturated carbocycles. The number of methoxy groups -OCH3 is 1. The number of ether oxygens (including phenoxy) is 1. The van der Waals surface area contributed by atoms with Crippen molar-refractivity contribution in [3.8, 4) is 5.75 Å². The second kappa shape index (κ2) is 15.8. The molecule has 4 aromatic rings. The van der Waals surface area contributed by atoms with E-state index in [1.807, 2.05) is 79.7 Å². The summed E-state index contributed by atoms with van der Waals surface area (Å²) in [5.74, 6) is -0.195. The number of sulfonamides is 1. The Morgan fingerprint density at radius 3 is 2.00 bits per heavy atom. The largest absolute Gasteiger partial charge is 0.497 e. The lowest BCUT2D eigenvalue weighted by Gasteiger charge is -2.35. The van der Waals surface area contributed by atoms with Gasteiger partial charge in [-0.15, -0.1) is 0 Å². The summed E-state index contributed by atoms with van der Waals surface area (Å²) < 4.78 is 34.8. The first-order valence-electron chi connectivity index (χ1n) is 16.2. The third-order valence-corrected chi connectivity index (χ3v) is 10.5. The number of anilines is 1. The number of rotatable bonds is 13. The molecule has 0 aromatic heterocycles. The van der Waals surface area contributed by atoms with E-state index in [0.29, 0.717) is 11.4 Å². The number of carbonyl (C=O) groups excluding carboxylic acids is 2. The monoisotopic (exact) mass is 653 g/mol. The van der Waals surface area contributed by atoms with E-state index in [0.717, 1.165) is 53.1 Å². The molecule has 0 aliphatic heterocycles. The zero-order valence-corrected chi connectivity index (χ0v) is 27.9. The van der Waals surface area contributed by atoms with E-state index in [1.54, 1.807) is 29.2 Å². The summed E-state index contributed by atoms with van der Waals surface area (Å²) in [6.07, 6.45) is 5.34. The highest BCUT2D eigenvalue weighted by Crippen LogP contribution is 2.27. The van der Waals surface area contributed by atoms with Gasteiger partial charge in [-0.2, -0.15) is 0 Å². The topological polar surface area (TPSA) is 96.0 Å². The second-order valence-electron chi connectivity index (χ2n) is 12.1. The number of aryl methyl sites for hydroxylation is 1. The molecule has 5 rings (SSSR count). The zero-order valence-electron chi connectivity index (χ0n) is 27.0. The van der Waals surface area contributed by atoms with E-state index in [2.05, 4.69) is 5.32 Å². The summed E-state index contributed by atoms with van der Waals surface area (Å²) in [6, 6.07) is 31.4. The quantitative estimate of drug-likeness (QED) is 0.183. The Hall–Kier alpha value is -4.63. The van der Waals surface area contributed by atoms with Crippen LogP contribution in [-0.2, 0) is 32.6 Å². The Balaban J connectivity index is 1.54. The molecule has 47 heavy (non-hydrogen) atoms. The average molecular weight is 654 g/mol. The number of carbonyl (C=O) groups is 2. The van der Waals surface area contributed by atoms with Gasteiger partial charge >= 0.3 is 0 Å². The minimum Gasteiger partial charge on any atom is -0.497 e. The van der Waals surface area contributed by atoms with Crippen LogP contribution in [0.5, 0.6) is 5.75 Å². The molecule has 1 atom stereocenters. The van der Waals surface area contributed by atoms with Gasteiger partial charge in [-0.05, 0) is 67.3 Å². The smallest absolute Gasteiger partial charge is 0.264 e. The molecule has 0 bridgehead atoms. The molecule has 0 radical (unpaired) electrons. The van der Waals surface area contributed by atoms with Gasteiger partial charge in [0.2, 0.25) is 11.8 Å². The summed E-state index contributed by atoms with van der Waals surface area (Å²) >= 11 is 0. The number of amides is 2. The van der Waals surface area contributed by atoms with Crippen molar-refractivity contribution in [2.24, 2.45) is 0 Å². The molecule has 1 aliphatic carbocycles. The van der Waals surface area contributed by atoms with Crippen LogP contribution in [0.2, 0.25) is 0 Å². The van der Waals surface area contributed by atoms with Crippen molar-refractivity contribution in [1.29, 1.82) is 0 Å². The second-order valence-corrected chi connectivity index (χ2v) is 13.9. The maximum atomic E-state index is 14.6. The standard InChI is InChI=1S/C38H43N3O5S/c1-29-18-20-33(21-19-29)41(47(44,45)35-24-22-34(46-2)23-25-35)28-37(42)40(27-31-14-8-4-9-15-31)36(26-30-12-6-3-7-13-30)38(43)39-32-16-10-5-11-17-32/h3-4,6-9,12-15,18-25,32,36H,5,10-11,16-17,26-28H2,1-2H3,(H,39,43)/t36-/m0/s1. The number of hydrogen-bond donors (Lipinski definition) is 1. The number of hydrogen-bond acceptors (Lipinski definition) is 5. The van der Waals surface area contributed by atoms with Crippen molar-refractivity contribution in [3.63, 3.8) is 0 Å². The Labute approximate surface area is 278 Å². The van der Waals surface area contributed by atoms with Crippen LogP contribution in [0, 0.1) is 6.92 Å². The molecule has 246 valence electrons. The fourth-order valence-electron chi connectivity index (χ4n) is 5.99. The van der Waals surface area contributed by atoms with Crippen LogP contribution < -0.4 is 14.4 Å². The van der Waals surface area contributed by atoms with Crippen LogP contribution in [0.1, 0.15) is 48.8 Å². The van der Waals surface area contributed by atoms with Gasteiger partial charge < -0.3 is 15.0 Å². The summed E-state index contributed by atoms with van der Waals surface area (Å²) in [5, 5.41) is 3.24. The predicted molar refractivity (Wildman–Crippen MR) is 185 cm³/mol. The summed E-state index contributed by atoms with van der Waals surface area (Å²) in [5.41, 5.74) is 3.05. The predicted octanol–water partition coefficient (Wildman–Crippen LogP) is 6.29. The van der Waals surface area contributed by atoms with Crippen molar-refractivity contribution in [1.82, 2.24) is 10.2 Å². The number of nitrogens with one attached hydrogen (secondary N) is 1. The van der Waals surface area contributed by atoms with Crippen LogP contribution in [0.3, 0.4) is 0 Å². The average Bonchev–Trinajstić information content (AvgIpc) is 3.10. The molecule has 0 unspecified atom stereocenters. The van der Waals surface area contributed by atoms with Gasteiger partial charge in [0, 0.05) is 19.0 Å². The highest BCUT2D eigenvalue weighted by atomic mass is 32.2. The molecule has 0 spiro atoms. The van der Waals surface area contributed by atoms with E-state index in [1.165, 1.54) is 19.2 Å². The molecule has 4 aromatic carbocycles. The van der Waals surface area contributed by atoms with Gasteiger partial charge in [-0.3, -0.25) is 13.9 Å². The molecule has 9 heteroatoms. The first-order chi connectivity index (χ1) is 22.7. The van der Waals surface area contributed by atoms with Gasteiger partial charge in [-0.1, -0.05) is 97.6 Å². The first kappa shape index (κ1) is 33.7. The Morgan fingerprint density at radius 1 is 0.809 bits per heavy atom. The molecule has 0 heterocycles. The first-order valence-corrected chi connectivity index (χ1v) is 17.6. The summed E-state index contributed by atoms with van der Waals surface area (Å²) in [6.45, 7) is 1.56. The van der Waals surface area contributed by atoms with Gasteiger partial charge in [-0.25, -0.2) is 8.42 Å². The highest BCUT2D eigenvalue weighted by molar-refractivity contribution is 7.92. The third kappa shape index (κ3) is 8.80. The minimum absolute atomic E-state index is 0.0251. The number of benzene rings is 4. The maximum absolute atomic E-state index is 14.6.